The average Bonchev–Trinajstić information content (AvgIpc) is 3.22. The molecule has 2 unspecified atom stereocenters. The number of halogens is 1. The van der Waals surface area contributed by atoms with Gasteiger partial charge in [-0.25, -0.2) is 4.99 Å². The van der Waals surface area contributed by atoms with Crippen LogP contribution in [-0.2, 0) is 14.3 Å². The summed E-state index contributed by atoms with van der Waals surface area (Å²) < 4.78 is 11.2. The predicted octanol–water partition coefficient (Wildman–Crippen LogP) is 2.25. The fourth-order valence-corrected chi connectivity index (χ4v) is 3.40. The molecule has 0 aromatic heterocycles. The normalized spacial score (nSPS) is 17.8. The second-order valence-corrected chi connectivity index (χ2v) is 8.65. The molecule has 0 bridgehead atoms. The molecule has 2 atom stereocenters. The number of hydrogen-bond donors (Lipinski definition) is 2. The second kappa shape index (κ2) is 13.0. The van der Waals surface area contributed by atoms with Crippen molar-refractivity contribution in [2.75, 3.05) is 52.8 Å². The first kappa shape index (κ1) is 23.8. The number of thioether (sulfide) groups is 1. The zero-order valence-electron chi connectivity index (χ0n) is 17.3. The number of nitrogens with one attached hydrogen (secondary N) is 2. The van der Waals surface area contributed by atoms with Crippen LogP contribution in [0.15, 0.2) is 34.2 Å². The van der Waals surface area contributed by atoms with Crippen molar-refractivity contribution < 1.29 is 14.3 Å². The van der Waals surface area contributed by atoms with Crippen molar-refractivity contribution in [3.63, 3.8) is 0 Å². The number of nitrogens with zero attached hydrogens (tertiary/aromatic N) is 2. The molecule has 2 N–H and O–H groups in total. The Hall–Kier alpha value is -1.48. The number of ether oxygens (including phenoxy) is 2. The molecule has 1 aliphatic heterocycles. The number of carbonyl (C=O) groups is 1. The van der Waals surface area contributed by atoms with Crippen molar-refractivity contribution in [3.8, 4) is 0 Å². The van der Waals surface area contributed by atoms with Gasteiger partial charge < -0.3 is 25.0 Å². The third-order valence-electron chi connectivity index (χ3n) is 4.20. The van der Waals surface area contributed by atoms with Gasteiger partial charge in [0.2, 0.25) is 5.91 Å². The monoisotopic (exact) mass is 442 g/mol. The lowest BCUT2D eigenvalue weighted by molar-refractivity contribution is -0.127. The first-order valence-corrected chi connectivity index (χ1v) is 11.1. The summed E-state index contributed by atoms with van der Waals surface area (Å²) in [6, 6.07) is 7.83. The highest BCUT2D eigenvalue weighted by Gasteiger charge is 2.17. The number of aliphatic imine (C=N–C) groups is 1. The molecule has 0 radical (unpaired) electrons. The van der Waals surface area contributed by atoms with Crippen LogP contribution in [-0.4, -0.2) is 81.7 Å². The Morgan fingerprint density at radius 3 is 2.83 bits per heavy atom. The molecule has 0 spiro atoms. The van der Waals surface area contributed by atoms with Crippen LogP contribution in [0.5, 0.6) is 0 Å². The SMILES string of the molecule is CC(COC1CCOC1)NC(=NCC(=O)N(C)C)NCCSc1ccc(Cl)cc1. The molecular formula is C20H31ClN4O3S. The Morgan fingerprint density at radius 2 is 2.17 bits per heavy atom. The maximum absolute atomic E-state index is 11.9. The number of benzene rings is 1. The summed E-state index contributed by atoms with van der Waals surface area (Å²) >= 11 is 7.65. The molecule has 1 fully saturated rings. The Kier molecular flexibility index (Phi) is 10.6. The van der Waals surface area contributed by atoms with E-state index in [4.69, 9.17) is 21.1 Å². The fourth-order valence-electron chi connectivity index (χ4n) is 2.51. The summed E-state index contributed by atoms with van der Waals surface area (Å²) in [7, 11) is 3.45. The molecule has 1 amide bonds. The van der Waals surface area contributed by atoms with E-state index in [1.54, 1.807) is 25.9 Å². The van der Waals surface area contributed by atoms with Gasteiger partial charge in [0.15, 0.2) is 5.96 Å². The molecule has 7 nitrogen and oxygen atoms in total. The molecule has 1 aliphatic rings. The number of hydrogen-bond acceptors (Lipinski definition) is 5. The van der Waals surface area contributed by atoms with Crippen LogP contribution < -0.4 is 10.6 Å². The highest BCUT2D eigenvalue weighted by molar-refractivity contribution is 7.99. The molecule has 1 saturated heterocycles. The third-order valence-corrected chi connectivity index (χ3v) is 5.47. The standard InChI is InChI=1S/C20H31ClN4O3S/c1-15(13-28-17-8-10-27-14-17)24-20(23-12-19(26)25(2)3)22-9-11-29-18-6-4-16(21)5-7-18/h4-7,15,17H,8-14H2,1-3H3,(H2,22,23,24). The maximum atomic E-state index is 11.9. The van der Waals surface area contributed by atoms with Gasteiger partial charge in [-0.3, -0.25) is 4.79 Å². The van der Waals surface area contributed by atoms with E-state index in [1.807, 2.05) is 31.2 Å². The van der Waals surface area contributed by atoms with Gasteiger partial charge in [-0.15, -0.1) is 11.8 Å². The molecule has 9 heteroatoms. The first-order valence-electron chi connectivity index (χ1n) is 9.76. The predicted molar refractivity (Wildman–Crippen MR) is 119 cm³/mol. The van der Waals surface area contributed by atoms with E-state index in [-0.39, 0.29) is 24.6 Å². The summed E-state index contributed by atoms with van der Waals surface area (Å²) in [4.78, 5) is 19.0. The second-order valence-electron chi connectivity index (χ2n) is 7.05. The third kappa shape index (κ3) is 9.71. The summed E-state index contributed by atoms with van der Waals surface area (Å²) in [5.74, 6) is 1.41. The minimum atomic E-state index is -0.0475. The van der Waals surface area contributed by atoms with E-state index >= 15 is 0 Å². The van der Waals surface area contributed by atoms with E-state index < -0.39 is 0 Å². The molecule has 29 heavy (non-hydrogen) atoms. The fraction of sp³-hybridized carbons (Fsp3) is 0.600. The van der Waals surface area contributed by atoms with Gasteiger partial charge in [0.1, 0.15) is 6.54 Å². The van der Waals surface area contributed by atoms with E-state index in [0.29, 0.717) is 25.7 Å². The quantitative estimate of drug-likeness (QED) is 0.250. The van der Waals surface area contributed by atoms with Crippen LogP contribution in [0, 0.1) is 0 Å². The van der Waals surface area contributed by atoms with Crippen LogP contribution in [0.3, 0.4) is 0 Å². The smallest absolute Gasteiger partial charge is 0.243 e. The number of carbonyl (C=O) groups excluding carboxylic acids is 1. The summed E-state index contributed by atoms with van der Waals surface area (Å²) in [5.41, 5.74) is 0. The van der Waals surface area contributed by atoms with Gasteiger partial charge in [-0.1, -0.05) is 11.6 Å². The minimum Gasteiger partial charge on any atom is -0.379 e. The molecule has 2 rings (SSSR count). The Labute approximate surface area is 182 Å². The summed E-state index contributed by atoms with van der Waals surface area (Å²) in [6.07, 6.45) is 1.10. The topological polar surface area (TPSA) is 75.2 Å². The van der Waals surface area contributed by atoms with E-state index in [2.05, 4.69) is 15.6 Å². The van der Waals surface area contributed by atoms with Crippen LogP contribution >= 0.6 is 23.4 Å². The van der Waals surface area contributed by atoms with E-state index in [9.17, 15) is 4.79 Å². The largest absolute Gasteiger partial charge is 0.379 e. The Morgan fingerprint density at radius 1 is 1.41 bits per heavy atom. The molecule has 1 aromatic rings. The van der Waals surface area contributed by atoms with Gasteiger partial charge >= 0.3 is 0 Å². The lowest BCUT2D eigenvalue weighted by Gasteiger charge is -2.20. The van der Waals surface area contributed by atoms with E-state index in [0.717, 1.165) is 28.7 Å². The molecule has 1 heterocycles. The maximum Gasteiger partial charge on any atom is 0.243 e. The van der Waals surface area contributed by atoms with Gasteiger partial charge in [-0.05, 0) is 37.6 Å². The highest BCUT2D eigenvalue weighted by Crippen LogP contribution is 2.19. The average molecular weight is 443 g/mol. The molecule has 0 aliphatic carbocycles. The zero-order chi connectivity index (χ0) is 21.1. The summed E-state index contributed by atoms with van der Waals surface area (Å²) in [5, 5.41) is 7.35. The highest BCUT2D eigenvalue weighted by atomic mass is 35.5. The zero-order valence-corrected chi connectivity index (χ0v) is 18.9. The van der Waals surface area contributed by atoms with Crippen molar-refractivity contribution in [1.82, 2.24) is 15.5 Å². The number of rotatable bonds is 10. The Bertz CT molecular complexity index is 652. The molecule has 1 aromatic carbocycles. The number of guanidine groups is 1. The van der Waals surface area contributed by atoms with Crippen LogP contribution in [0.2, 0.25) is 5.02 Å². The van der Waals surface area contributed by atoms with Crippen molar-refractivity contribution in [2.45, 2.75) is 30.4 Å². The lowest BCUT2D eigenvalue weighted by Crippen LogP contribution is -2.45. The van der Waals surface area contributed by atoms with Crippen LogP contribution in [0.4, 0.5) is 0 Å². The molecule has 162 valence electrons. The van der Waals surface area contributed by atoms with Crippen molar-refractivity contribution in [1.29, 1.82) is 0 Å². The van der Waals surface area contributed by atoms with Crippen molar-refractivity contribution in [2.24, 2.45) is 4.99 Å². The van der Waals surface area contributed by atoms with Crippen molar-refractivity contribution in [3.05, 3.63) is 29.3 Å². The number of likely N-dealkylation sites (N-methyl/N-ethyl adjacent to an activating group) is 1. The first-order chi connectivity index (χ1) is 13.9. The molecular weight excluding hydrogens is 412 g/mol. The minimum absolute atomic E-state index is 0.0475. The Balaban J connectivity index is 1.79. The lowest BCUT2D eigenvalue weighted by atomic mass is 10.3. The van der Waals surface area contributed by atoms with Gasteiger partial charge in [0, 0.05) is 49.0 Å². The molecule has 0 saturated carbocycles. The van der Waals surface area contributed by atoms with Crippen LogP contribution in [0.1, 0.15) is 13.3 Å². The van der Waals surface area contributed by atoms with Gasteiger partial charge in [0.25, 0.3) is 0 Å². The van der Waals surface area contributed by atoms with Gasteiger partial charge in [-0.2, -0.15) is 0 Å². The summed E-state index contributed by atoms with van der Waals surface area (Å²) in [6.45, 7) is 4.80. The van der Waals surface area contributed by atoms with Gasteiger partial charge in [0.05, 0.1) is 19.3 Å². The van der Waals surface area contributed by atoms with E-state index in [1.165, 1.54) is 4.90 Å². The van der Waals surface area contributed by atoms with Crippen LogP contribution in [0.25, 0.3) is 0 Å². The van der Waals surface area contributed by atoms with Crippen molar-refractivity contribution >= 4 is 35.2 Å². The number of amides is 1.